The van der Waals surface area contributed by atoms with Gasteiger partial charge >= 0.3 is 6.61 Å². The first-order valence-corrected chi connectivity index (χ1v) is 13.0. The van der Waals surface area contributed by atoms with Crippen LogP contribution in [0.4, 0.5) is 13.2 Å². The van der Waals surface area contributed by atoms with Gasteiger partial charge in [-0.25, -0.2) is 9.37 Å². The Bertz CT molecular complexity index is 1690. The summed E-state index contributed by atoms with van der Waals surface area (Å²) < 4.78 is 49.1. The molecule has 1 N–H and O–H groups in total. The zero-order valence-electron chi connectivity index (χ0n) is 21.2. The van der Waals surface area contributed by atoms with E-state index in [0.29, 0.717) is 40.9 Å². The largest absolute Gasteiger partial charge is 0.434 e. The number of nitrogens with zero attached hydrogens (tertiary/aromatic N) is 5. The lowest BCUT2D eigenvalue weighted by atomic mass is 9.68. The van der Waals surface area contributed by atoms with E-state index in [1.807, 2.05) is 24.3 Å². The summed E-state index contributed by atoms with van der Waals surface area (Å²) in [7, 11) is 0. The number of benzene rings is 2. The molecule has 0 spiro atoms. The number of aryl methyl sites for hydroxylation is 1. The molecule has 0 bridgehead atoms. The van der Waals surface area contributed by atoms with Crippen molar-refractivity contribution in [3.63, 3.8) is 0 Å². The zero-order chi connectivity index (χ0) is 26.7. The molecule has 10 heteroatoms. The number of fused-ring (bicyclic) bond motifs is 3. The van der Waals surface area contributed by atoms with Gasteiger partial charge in [0.15, 0.2) is 0 Å². The summed E-state index contributed by atoms with van der Waals surface area (Å²) in [6.45, 7) is -0.914. The number of H-pyrrole nitrogens is 1. The summed E-state index contributed by atoms with van der Waals surface area (Å²) >= 11 is 0. The molecule has 2 aromatic carbocycles. The first kappa shape index (κ1) is 23.9. The maximum Gasteiger partial charge on any atom is 0.387 e. The van der Waals surface area contributed by atoms with Gasteiger partial charge in [0.2, 0.25) is 0 Å². The fraction of sp³-hybridized carbons (Fsp3) is 0.310. The number of aromatic nitrogens is 6. The van der Waals surface area contributed by atoms with E-state index in [2.05, 4.69) is 31.9 Å². The van der Waals surface area contributed by atoms with Gasteiger partial charge in [0.05, 0.1) is 29.0 Å². The fourth-order valence-corrected chi connectivity index (χ4v) is 6.14. The summed E-state index contributed by atoms with van der Waals surface area (Å²) in [5.74, 6) is 0.650. The number of alkyl halides is 2. The molecule has 0 saturated heterocycles. The van der Waals surface area contributed by atoms with Crippen molar-refractivity contribution in [2.75, 3.05) is 0 Å². The number of hydrogen-bond acceptors (Lipinski definition) is 5. The van der Waals surface area contributed by atoms with Crippen LogP contribution in [0.5, 0.6) is 5.75 Å². The average Bonchev–Trinajstić information content (AvgIpc) is 3.64. The van der Waals surface area contributed by atoms with E-state index in [1.54, 1.807) is 30.6 Å². The number of ether oxygens (including phenoxy) is 1. The molecular formula is C29H25F3N6O. The number of imidazole rings is 1. The van der Waals surface area contributed by atoms with Crippen LogP contribution in [-0.2, 0) is 11.8 Å². The van der Waals surface area contributed by atoms with Crippen LogP contribution in [0.3, 0.4) is 0 Å². The molecule has 39 heavy (non-hydrogen) atoms. The maximum absolute atomic E-state index is 15.2. The predicted molar refractivity (Wildman–Crippen MR) is 139 cm³/mol. The van der Waals surface area contributed by atoms with Gasteiger partial charge in [-0.1, -0.05) is 31.5 Å². The second-order valence-electron chi connectivity index (χ2n) is 10.6. The highest BCUT2D eigenvalue weighted by molar-refractivity contribution is 5.83. The standard InChI is InChI=1S/C29H25F3N6O/c1-29(10-3-11-29)27-19(30)12-17(14-33-27)16-6-7-20-23(13-16)38-22(8-9-25(38)35-20)26-18(21-15-34-37-36-21)4-2-5-24(26)39-28(31)32/h2,4-7,12-15,22,28H,3,8-11H2,1H3,(H,34,36,37). The van der Waals surface area contributed by atoms with E-state index in [1.165, 1.54) is 0 Å². The predicted octanol–water partition coefficient (Wildman–Crippen LogP) is 6.60. The lowest BCUT2D eigenvalue weighted by Crippen LogP contribution is -2.32. The first-order valence-electron chi connectivity index (χ1n) is 13.0. The van der Waals surface area contributed by atoms with Gasteiger partial charge in [-0.3, -0.25) is 4.98 Å². The molecule has 0 radical (unpaired) electrons. The van der Waals surface area contributed by atoms with Gasteiger partial charge < -0.3 is 9.30 Å². The molecule has 0 amide bonds. The molecule has 1 saturated carbocycles. The Morgan fingerprint density at radius 2 is 1.97 bits per heavy atom. The molecule has 1 aliphatic heterocycles. The molecule has 1 unspecified atom stereocenters. The zero-order valence-corrected chi connectivity index (χ0v) is 21.2. The molecule has 1 fully saturated rings. The molecule has 5 aromatic rings. The molecular weight excluding hydrogens is 505 g/mol. The van der Waals surface area contributed by atoms with Gasteiger partial charge in [-0.15, -0.1) is 0 Å². The van der Waals surface area contributed by atoms with Crippen molar-refractivity contribution in [3.8, 4) is 28.1 Å². The van der Waals surface area contributed by atoms with Crippen LogP contribution in [0.15, 0.2) is 54.9 Å². The minimum atomic E-state index is -2.98. The van der Waals surface area contributed by atoms with E-state index < -0.39 is 6.61 Å². The summed E-state index contributed by atoms with van der Waals surface area (Å²) in [6, 6.07) is 12.1. The Morgan fingerprint density at radius 1 is 1.10 bits per heavy atom. The lowest BCUT2D eigenvalue weighted by molar-refractivity contribution is -0.0506. The van der Waals surface area contributed by atoms with Crippen molar-refractivity contribution in [2.45, 2.75) is 57.1 Å². The SMILES string of the molecule is CC1(c2ncc(-c3ccc4nc5n(c4c3)C(c3c(OC(F)F)cccc3-c3cn[nH]n3)CC5)cc2F)CCC1. The van der Waals surface area contributed by atoms with Crippen LogP contribution in [0.2, 0.25) is 0 Å². The Balaban J connectivity index is 1.35. The van der Waals surface area contributed by atoms with E-state index >= 15 is 4.39 Å². The Labute approximate surface area is 222 Å². The third kappa shape index (κ3) is 3.88. The molecule has 7 nitrogen and oxygen atoms in total. The molecule has 7 rings (SSSR count). The van der Waals surface area contributed by atoms with Crippen LogP contribution >= 0.6 is 0 Å². The van der Waals surface area contributed by atoms with Crippen molar-refractivity contribution < 1.29 is 17.9 Å². The number of nitrogens with one attached hydrogen (secondary N) is 1. The number of aromatic amines is 1. The van der Waals surface area contributed by atoms with E-state index in [4.69, 9.17) is 9.72 Å². The Morgan fingerprint density at radius 3 is 2.69 bits per heavy atom. The highest BCUT2D eigenvalue weighted by atomic mass is 19.3. The quantitative estimate of drug-likeness (QED) is 0.268. The molecule has 4 heterocycles. The topological polar surface area (TPSA) is 81.5 Å². The third-order valence-electron chi connectivity index (χ3n) is 8.23. The minimum absolute atomic E-state index is 0.0905. The van der Waals surface area contributed by atoms with E-state index in [-0.39, 0.29) is 23.0 Å². The summed E-state index contributed by atoms with van der Waals surface area (Å²) in [4.78, 5) is 9.35. The number of pyridine rings is 1. The number of rotatable bonds is 6. The highest BCUT2D eigenvalue weighted by Crippen LogP contribution is 2.45. The molecule has 1 aliphatic carbocycles. The number of halogens is 3. The normalized spacial score (nSPS) is 17.9. The van der Waals surface area contributed by atoms with Crippen LogP contribution in [0, 0.1) is 5.82 Å². The minimum Gasteiger partial charge on any atom is -0.434 e. The smallest absolute Gasteiger partial charge is 0.387 e. The first-order chi connectivity index (χ1) is 18.9. The van der Waals surface area contributed by atoms with Crippen LogP contribution in [0.25, 0.3) is 33.4 Å². The van der Waals surface area contributed by atoms with Crippen molar-refractivity contribution >= 4 is 11.0 Å². The van der Waals surface area contributed by atoms with Crippen LogP contribution in [0.1, 0.15) is 55.7 Å². The Hall–Kier alpha value is -4.21. The lowest BCUT2D eigenvalue weighted by Gasteiger charge is -2.37. The number of hydrogen-bond donors (Lipinski definition) is 1. The van der Waals surface area contributed by atoms with Crippen molar-refractivity contribution in [1.29, 1.82) is 0 Å². The highest BCUT2D eigenvalue weighted by Gasteiger charge is 2.37. The summed E-state index contributed by atoms with van der Waals surface area (Å²) in [5.41, 5.74) is 5.22. The fourth-order valence-electron chi connectivity index (χ4n) is 6.14. The summed E-state index contributed by atoms with van der Waals surface area (Å²) in [6.07, 6.45) is 7.58. The van der Waals surface area contributed by atoms with Gasteiger partial charge in [0.1, 0.15) is 23.1 Å². The van der Waals surface area contributed by atoms with E-state index in [0.717, 1.165) is 41.7 Å². The van der Waals surface area contributed by atoms with Crippen molar-refractivity contribution in [1.82, 2.24) is 29.9 Å². The van der Waals surface area contributed by atoms with Gasteiger partial charge in [0, 0.05) is 34.7 Å². The second kappa shape index (κ2) is 8.93. The molecule has 198 valence electrons. The molecule has 2 aliphatic rings. The van der Waals surface area contributed by atoms with Crippen molar-refractivity contribution in [3.05, 3.63) is 77.8 Å². The average molecular weight is 531 g/mol. The monoisotopic (exact) mass is 530 g/mol. The molecule has 3 aromatic heterocycles. The van der Waals surface area contributed by atoms with Gasteiger partial charge in [0.25, 0.3) is 0 Å². The third-order valence-corrected chi connectivity index (χ3v) is 8.23. The van der Waals surface area contributed by atoms with Gasteiger partial charge in [-0.05, 0) is 49.1 Å². The van der Waals surface area contributed by atoms with Crippen LogP contribution < -0.4 is 4.74 Å². The van der Waals surface area contributed by atoms with Crippen molar-refractivity contribution in [2.24, 2.45) is 0 Å². The van der Waals surface area contributed by atoms with E-state index in [9.17, 15) is 8.78 Å². The second-order valence-corrected chi connectivity index (χ2v) is 10.6. The summed E-state index contributed by atoms with van der Waals surface area (Å²) in [5, 5.41) is 10.7. The maximum atomic E-state index is 15.2. The Kier molecular flexibility index (Phi) is 5.47. The van der Waals surface area contributed by atoms with Crippen LogP contribution in [-0.4, -0.2) is 36.6 Å². The molecule has 1 atom stereocenters. The van der Waals surface area contributed by atoms with Gasteiger partial charge in [-0.2, -0.15) is 24.2 Å².